The summed E-state index contributed by atoms with van der Waals surface area (Å²) < 4.78 is 0. The van der Waals surface area contributed by atoms with Crippen LogP contribution in [-0.4, -0.2) is 0 Å². The predicted octanol–water partition coefficient (Wildman–Crippen LogP) is 4.12. The van der Waals surface area contributed by atoms with Gasteiger partial charge in [-0.25, -0.2) is 0 Å². The zero-order valence-corrected chi connectivity index (χ0v) is 8.88. The molecule has 0 spiro atoms. The Labute approximate surface area is 86.0 Å². The Morgan fingerprint density at radius 2 is 1.71 bits per heavy atom. The lowest BCUT2D eigenvalue weighted by molar-refractivity contribution is 0.967. The van der Waals surface area contributed by atoms with Gasteiger partial charge in [0, 0.05) is 0 Å². The molecule has 0 amide bonds. The number of aryl methyl sites for hydroxylation is 1. The van der Waals surface area contributed by atoms with Crippen molar-refractivity contribution in [1.82, 2.24) is 0 Å². The first-order chi connectivity index (χ1) is 6.77. The number of hydrogen-bond donors (Lipinski definition) is 0. The highest BCUT2D eigenvalue weighted by atomic mass is 14.1. The number of rotatable bonds is 1. The van der Waals surface area contributed by atoms with Gasteiger partial charge in [0.05, 0.1) is 0 Å². The Morgan fingerprint density at radius 3 is 2.36 bits per heavy atom. The molecule has 0 saturated heterocycles. The molecule has 0 saturated carbocycles. The van der Waals surface area contributed by atoms with Crippen LogP contribution < -0.4 is 0 Å². The van der Waals surface area contributed by atoms with Gasteiger partial charge in [0.25, 0.3) is 0 Å². The van der Waals surface area contributed by atoms with Crippen LogP contribution in [0.25, 0.3) is 5.57 Å². The summed E-state index contributed by atoms with van der Waals surface area (Å²) in [5.74, 6) is 0. The lowest BCUT2D eigenvalue weighted by Gasteiger charge is -2.12. The number of allylic oxidation sites excluding steroid dienone is 4. The van der Waals surface area contributed by atoms with E-state index in [0.717, 1.165) is 0 Å². The monoisotopic (exact) mass is 184 g/mol. The quantitative estimate of drug-likeness (QED) is 0.616. The average molecular weight is 184 g/mol. The summed E-state index contributed by atoms with van der Waals surface area (Å²) in [5, 5.41) is 0. The third kappa shape index (κ3) is 1.79. The van der Waals surface area contributed by atoms with Crippen LogP contribution in [0.1, 0.15) is 30.9 Å². The van der Waals surface area contributed by atoms with Crippen molar-refractivity contribution < 1.29 is 0 Å². The van der Waals surface area contributed by atoms with Gasteiger partial charge < -0.3 is 0 Å². The van der Waals surface area contributed by atoms with Crippen molar-refractivity contribution in [3.05, 3.63) is 53.1 Å². The van der Waals surface area contributed by atoms with Crippen molar-refractivity contribution in [3.63, 3.8) is 0 Å². The van der Waals surface area contributed by atoms with E-state index in [1.165, 1.54) is 35.1 Å². The first kappa shape index (κ1) is 9.26. The average Bonchev–Trinajstić information content (AvgIpc) is 2.20. The molecule has 0 aliphatic heterocycles. The predicted molar refractivity (Wildman–Crippen MR) is 62.1 cm³/mol. The van der Waals surface area contributed by atoms with Gasteiger partial charge in [-0.05, 0) is 37.8 Å². The van der Waals surface area contributed by atoms with E-state index < -0.39 is 0 Å². The molecule has 0 atom stereocenters. The second kappa shape index (κ2) is 3.83. The molecular formula is C14H16. The van der Waals surface area contributed by atoms with Crippen LogP contribution in [-0.2, 0) is 0 Å². The Kier molecular flexibility index (Phi) is 2.53. The molecule has 1 aromatic rings. The van der Waals surface area contributed by atoms with E-state index in [1.807, 2.05) is 0 Å². The third-order valence-electron chi connectivity index (χ3n) is 2.79. The molecule has 2 rings (SSSR count). The van der Waals surface area contributed by atoms with E-state index in [0.29, 0.717) is 0 Å². The second-order valence-electron chi connectivity index (χ2n) is 4.00. The fourth-order valence-electron chi connectivity index (χ4n) is 1.85. The molecule has 1 aromatic carbocycles. The Hall–Kier alpha value is -1.30. The van der Waals surface area contributed by atoms with Crippen molar-refractivity contribution in [3.8, 4) is 0 Å². The van der Waals surface area contributed by atoms with Crippen LogP contribution in [0.4, 0.5) is 0 Å². The van der Waals surface area contributed by atoms with E-state index in [1.54, 1.807) is 0 Å². The Balaban J connectivity index is 2.39. The van der Waals surface area contributed by atoms with Crippen LogP contribution in [0.3, 0.4) is 0 Å². The van der Waals surface area contributed by atoms with Gasteiger partial charge in [-0.2, -0.15) is 0 Å². The van der Waals surface area contributed by atoms with E-state index in [2.05, 4.69) is 50.3 Å². The number of benzene rings is 1. The minimum atomic E-state index is 1.20. The molecule has 0 heterocycles. The molecule has 14 heavy (non-hydrogen) atoms. The highest BCUT2D eigenvalue weighted by Gasteiger charge is 2.05. The molecule has 0 nitrogen and oxygen atoms in total. The first-order valence-corrected chi connectivity index (χ1v) is 5.21. The second-order valence-corrected chi connectivity index (χ2v) is 4.00. The van der Waals surface area contributed by atoms with Crippen LogP contribution in [0.5, 0.6) is 0 Å². The summed E-state index contributed by atoms with van der Waals surface area (Å²) in [6.45, 7) is 4.36. The van der Waals surface area contributed by atoms with E-state index in [-0.39, 0.29) is 0 Å². The molecule has 1 aliphatic rings. The molecule has 0 aromatic heterocycles. The molecular weight excluding hydrogens is 168 g/mol. The fraction of sp³-hybridized carbons (Fsp3) is 0.286. The maximum atomic E-state index is 2.27. The van der Waals surface area contributed by atoms with Crippen molar-refractivity contribution in [2.75, 3.05) is 0 Å². The van der Waals surface area contributed by atoms with Gasteiger partial charge in [0.1, 0.15) is 0 Å². The van der Waals surface area contributed by atoms with E-state index in [4.69, 9.17) is 0 Å². The van der Waals surface area contributed by atoms with Crippen LogP contribution >= 0.6 is 0 Å². The Bertz CT molecular complexity index is 377. The fourth-order valence-corrected chi connectivity index (χ4v) is 1.85. The van der Waals surface area contributed by atoms with Crippen molar-refractivity contribution in [1.29, 1.82) is 0 Å². The van der Waals surface area contributed by atoms with Gasteiger partial charge >= 0.3 is 0 Å². The molecule has 72 valence electrons. The summed E-state index contributed by atoms with van der Waals surface area (Å²) in [5.41, 5.74) is 5.60. The van der Waals surface area contributed by atoms with E-state index in [9.17, 15) is 0 Å². The maximum Gasteiger partial charge on any atom is -0.0185 e. The Morgan fingerprint density at radius 1 is 1.00 bits per heavy atom. The van der Waals surface area contributed by atoms with Crippen LogP contribution in [0.2, 0.25) is 0 Å². The summed E-state index contributed by atoms with van der Waals surface area (Å²) in [6, 6.07) is 8.78. The summed E-state index contributed by atoms with van der Waals surface area (Å²) >= 11 is 0. The summed E-state index contributed by atoms with van der Waals surface area (Å²) in [7, 11) is 0. The van der Waals surface area contributed by atoms with Crippen molar-refractivity contribution in [2.24, 2.45) is 0 Å². The molecule has 1 aliphatic carbocycles. The first-order valence-electron chi connectivity index (χ1n) is 5.21. The topological polar surface area (TPSA) is 0 Å². The van der Waals surface area contributed by atoms with Crippen molar-refractivity contribution in [2.45, 2.75) is 26.7 Å². The molecule has 0 bridgehead atoms. The molecule has 0 unspecified atom stereocenters. The normalized spacial score (nSPS) is 16.1. The van der Waals surface area contributed by atoms with Gasteiger partial charge in [0.15, 0.2) is 0 Å². The van der Waals surface area contributed by atoms with E-state index >= 15 is 0 Å². The van der Waals surface area contributed by atoms with Gasteiger partial charge in [-0.15, -0.1) is 0 Å². The van der Waals surface area contributed by atoms with Gasteiger partial charge in [-0.1, -0.05) is 47.6 Å². The molecule has 0 radical (unpaired) electrons. The maximum absolute atomic E-state index is 2.27. The lowest BCUT2D eigenvalue weighted by atomic mass is 9.93. The lowest BCUT2D eigenvalue weighted by Crippen LogP contribution is -1.91. The highest BCUT2D eigenvalue weighted by Crippen LogP contribution is 2.27. The smallest absolute Gasteiger partial charge is 0.0185 e. The minimum absolute atomic E-state index is 1.20. The SMILES string of the molecule is CC1=C(c2ccc(C)cc2)C=CCC1. The summed E-state index contributed by atoms with van der Waals surface area (Å²) in [6.07, 6.45) is 6.92. The molecule has 0 N–H and O–H groups in total. The molecule has 0 heteroatoms. The minimum Gasteiger partial charge on any atom is -0.0836 e. The van der Waals surface area contributed by atoms with Crippen LogP contribution in [0, 0.1) is 6.92 Å². The zero-order chi connectivity index (χ0) is 9.97. The molecule has 0 fully saturated rings. The van der Waals surface area contributed by atoms with Crippen molar-refractivity contribution >= 4 is 5.57 Å². The number of hydrogen-bond acceptors (Lipinski definition) is 0. The standard InChI is InChI=1S/C14H16/c1-11-7-9-13(10-8-11)14-6-4-3-5-12(14)2/h4,6-10H,3,5H2,1-2H3. The summed E-state index contributed by atoms with van der Waals surface area (Å²) in [4.78, 5) is 0. The van der Waals surface area contributed by atoms with Gasteiger partial charge in [-0.3, -0.25) is 0 Å². The van der Waals surface area contributed by atoms with Crippen LogP contribution in [0.15, 0.2) is 42.0 Å². The van der Waals surface area contributed by atoms with Gasteiger partial charge in [0.2, 0.25) is 0 Å². The zero-order valence-electron chi connectivity index (χ0n) is 8.88. The highest BCUT2D eigenvalue weighted by molar-refractivity contribution is 5.77. The largest absolute Gasteiger partial charge is 0.0836 e. The third-order valence-corrected chi connectivity index (χ3v) is 2.79.